The molecule has 1 aliphatic rings. The maximum atomic E-state index is 12.8. The molecule has 4 rings (SSSR count). The van der Waals surface area contributed by atoms with Crippen LogP contribution in [0.4, 0.5) is 0 Å². The smallest absolute Gasteiger partial charge is 0.254 e. The third-order valence-corrected chi connectivity index (χ3v) is 5.57. The van der Waals surface area contributed by atoms with Gasteiger partial charge in [0.15, 0.2) is 0 Å². The molecule has 1 aromatic carbocycles. The highest BCUT2D eigenvalue weighted by molar-refractivity contribution is 6.35. The van der Waals surface area contributed by atoms with Gasteiger partial charge in [-0.2, -0.15) is 5.10 Å². The molecule has 9 heteroatoms. The summed E-state index contributed by atoms with van der Waals surface area (Å²) < 4.78 is 1.71. The van der Waals surface area contributed by atoms with Crippen molar-refractivity contribution in [3.8, 4) is 5.69 Å². The Morgan fingerprint density at radius 2 is 1.87 bits per heavy atom. The molecule has 1 fully saturated rings. The number of rotatable bonds is 8. The molecular weight excluding hydrogens is 437 g/mol. The van der Waals surface area contributed by atoms with Crippen LogP contribution in [0, 0.1) is 0 Å². The molecule has 0 aliphatic heterocycles. The molecule has 7 nitrogen and oxygen atoms in total. The second kappa shape index (κ2) is 9.49. The van der Waals surface area contributed by atoms with Crippen LogP contribution in [0.25, 0.3) is 5.69 Å². The third kappa shape index (κ3) is 5.24. The zero-order valence-electron chi connectivity index (χ0n) is 16.6. The van der Waals surface area contributed by atoms with Gasteiger partial charge in [-0.3, -0.25) is 14.6 Å². The number of carbonyl (C=O) groups excluding carboxylic acids is 2. The van der Waals surface area contributed by atoms with E-state index in [1.165, 1.54) is 0 Å². The number of amides is 2. The minimum absolute atomic E-state index is 0.136. The number of aromatic nitrogens is 3. The monoisotopic (exact) mass is 457 g/mol. The van der Waals surface area contributed by atoms with Crippen LogP contribution in [0.3, 0.4) is 0 Å². The van der Waals surface area contributed by atoms with Gasteiger partial charge in [-0.1, -0.05) is 23.2 Å². The average Bonchev–Trinajstić information content (AvgIpc) is 3.51. The summed E-state index contributed by atoms with van der Waals surface area (Å²) in [5, 5.41) is 11.1. The van der Waals surface area contributed by atoms with Crippen molar-refractivity contribution in [2.24, 2.45) is 0 Å². The molecule has 0 atom stereocenters. The Morgan fingerprint density at radius 3 is 2.58 bits per heavy atom. The summed E-state index contributed by atoms with van der Waals surface area (Å²) in [5.41, 5.74) is 2.99. The molecule has 160 valence electrons. The van der Waals surface area contributed by atoms with Gasteiger partial charge in [-0.15, -0.1) is 0 Å². The molecule has 2 aromatic heterocycles. The minimum Gasteiger partial charge on any atom is -0.352 e. The zero-order chi connectivity index (χ0) is 21.8. The maximum Gasteiger partial charge on any atom is 0.254 e. The Morgan fingerprint density at radius 1 is 1.10 bits per heavy atom. The summed E-state index contributed by atoms with van der Waals surface area (Å²) in [7, 11) is 0. The standard InChI is InChI=1S/C22H21Cl2N5O2/c23-16-3-4-19(18(24)11-16)29-21(15-1-2-15)17(13-28-29)22(31)26-10-7-20(30)27-12-14-5-8-25-9-6-14/h3-6,8-9,11,13,15H,1-2,7,10,12H2,(H,26,31)(H,27,30). The maximum absolute atomic E-state index is 12.8. The fourth-order valence-electron chi connectivity index (χ4n) is 3.30. The van der Waals surface area contributed by atoms with Gasteiger partial charge in [0.1, 0.15) is 0 Å². The molecule has 2 N–H and O–H groups in total. The lowest BCUT2D eigenvalue weighted by Crippen LogP contribution is -2.30. The third-order valence-electron chi connectivity index (χ3n) is 5.03. The van der Waals surface area contributed by atoms with Crippen LogP contribution in [-0.2, 0) is 11.3 Å². The van der Waals surface area contributed by atoms with Crippen molar-refractivity contribution in [2.75, 3.05) is 6.54 Å². The van der Waals surface area contributed by atoms with Crippen LogP contribution in [0.15, 0.2) is 48.9 Å². The lowest BCUT2D eigenvalue weighted by molar-refractivity contribution is -0.121. The Bertz CT molecular complexity index is 1100. The number of nitrogens with one attached hydrogen (secondary N) is 2. The van der Waals surface area contributed by atoms with Crippen LogP contribution in [0.2, 0.25) is 10.0 Å². The van der Waals surface area contributed by atoms with Crippen LogP contribution in [0.1, 0.15) is 46.8 Å². The van der Waals surface area contributed by atoms with Crippen LogP contribution < -0.4 is 10.6 Å². The van der Waals surface area contributed by atoms with Gasteiger partial charge in [-0.25, -0.2) is 4.68 Å². The van der Waals surface area contributed by atoms with Gasteiger partial charge in [0, 0.05) is 42.8 Å². The summed E-state index contributed by atoms with van der Waals surface area (Å²) in [6.45, 7) is 0.660. The number of carbonyl (C=O) groups is 2. The SMILES string of the molecule is O=C(CCNC(=O)c1cnn(-c2ccc(Cl)cc2Cl)c1C1CC1)NCc1ccncc1. The second-order valence-corrected chi connectivity index (χ2v) is 8.21. The number of halogens is 2. The Kier molecular flexibility index (Phi) is 6.53. The molecule has 2 amide bonds. The second-order valence-electron chi connectivity index (χ2n) is 7.36. The topological polar surface area (TPSA) is 88.9 Å². The van der Waals surface area contributed by atoms with Crippen molar-refractivity contribution in [1.29, 1.82) is 0 Å². The van der Waals surface area contributed by atoms with E-state index in [0.717, 1.165) is 24.1 Å². The minimum atomic E-state index is -0.250. The molecule has 0 spiro atoms. The van der Waals surface area contributed by atoms with Crippen LogP contribution in [0.5, 0.6) is 0 Å². The summed E-state index contributed by atoms with van der Waals surface area (Å²) in [5.74, 6) is -0.123. The molecule has 1 saturated carbocycles. The van der Waals surface area contributed by atoms with E-state index in [9.17, 15) is 9.59 Å². The van der Waals surface area contributed by atoms with Crippen molar-refractivity contribution in [2.45, 2.75) is 31.7 Å². The first-order valence-corrected chi connectivity index (χ1v) is 10.8. The average molecular weight is 458 g/mol. The van der Waals surface area contributed by atoms with E-state index >= 15 is 0 Å². The number of benzene rings is 1. The van der Waals surface area contributed by atoms with Gasteiger partial charge in [-0.05, 0) is 48.7 Å². The van der Waals surface area contributed by atoms with E-state index < -0.39 is 0 Å². The highest BCUT2D eigenvalue weighted by Gasteiger charge is 2.33. The van der Waals surface area contributed by atoms with Crippen molar-refractivity contribution in [3.63, 3.8) is 0 Å². The number of hydrogen-bond donors (Lipinski definition) is 2. The molecule has 31 heavy (non-hydrogen) atoms. The molecule has 0 bridgehead atoms. The van der Waals surface area contributed by atoms with Crippen LogP contribution in [-0.4, -0.2) is 33.1 Å². The van der Waals surface area contributed by atoms with Crippen molar-refractivity contribution >= 4 is 35.0 Å². The van der Waals surface area contributed by atoms with E-state index in [2.05, 4.69) is 20.7 Å². The first-order chi connectivity index (χ1) is 15.0. The van der Waals surface area contributed by atoms with Gasteiger partial charge in [0.05, 0.1) is 28.2 Å². The first kappa shape index (κ1) is 21.3. The van der Waals surface area contributed by atoms with Gasteiger partial charge in [0.25, 0.3) is 5.91 Å². The summed E-state index contributed by atoms with van der Waals surface area (Å²) in [6, 6.07) is 8.86. The van der Waals surface area contributed by atoms with E-state index in [0.29, 0.717) is 27.8 Å². The largest absolute Gasteiger partial charge is 0.352 e. The molecule has 0 saturated heterocycles. The van der Waals surface area contributed by atoms with Gasteiger partial charge >= 0.3 is 0 Å². The highest BCUT2D eigenvalue weighted by Crippen LogP contribution is 2.43. The Balaban J connectivity index is 1.37. The van der Waals surface area contributed by atoms with E-state index in [1.54, 1.807) is 41.5 Å². The van der Waals surface area contributed by atoms with Crippen molar-refractivity contribution in [3.05, 3.63) is 75.8 Å². The van der Waals surface area contributed by atoms with E-state index in [1.807, 2.05) is 12.1 Å². The summed E-state index contributed by atoms with van der Waals surface area (Å²) in [4.78, 5) is 28.8. The number of hydrogen-bond acceptors (Lipinski definition) is 4. The normalized spacial score (nSPS) is 13.1. The molecule has 2 heterocycles. The quantitative estimate of drug-likeness (QED) is 0.536. The Labute approximate surface area is 189 Å². The fraction of sp³-hybridized carbons (Fsp3) is 0.273. The van der Waals surface area contributed by atoms with Crippen molar-refractivity contribution < 1.29 is 9.59 Å². The number of nitrogens with zero attached hydrogens (tertiary/aromatic N) is 3. The van der Waals surface area contributed by atoms with Crippen LogP contribution >= 0.6 is 23.2 Å². The fourth-order valence-corrected chi connectivity index (χ4v) is 3.79. The molecule has 0 radical (unpaired) electrons. The van der Waals surface area contributed by atoms with E-state index in [4.69, 9.17) is 23.2 Å². The molecule has 3 aromatic rings. The highest BCUT2D eigenvalue weighted by atomic mass is 35.5. The zero-order valence-corrected chi connectivity index (χ0v) is 18.2. The molecule has 0 unspecified atom stereocenters. The predicted molar refractivity (Wildman–Crippen MR) is 119 cm³/mol. The lowest BCUT2D eigenvalue weighted by Gasteiger charge is -2.11. The molecular formula is C22H21Cl2N5O2. The van der Waals surface area contributed by atoms with Gasteiger partial charge in [0.2, 0.25) is 5.91 Å². The molecule has 1 aliphatic carbocycles. The first-order valence-electron chi connectivity index (χ1n) is 10.00. The van der Waals surface area contributed by atoms with E-state index in [-0.39, 0.29) is 30.7 Å². The Hall–Kier alpha value is -2.90. The van der Waals surface area contributed by atoms with Gasteiger partial charge < -0.3 is 10.6 Å². The number of pyridine rings is 1. The lowest BCUT2D eigenvalue weighted by atomic mass is 10.1. The summed E-state index contributed by atoms with van der Waals surface area (Å²) >= 11 is 12.3. The predicted octanol–water partition coefficient (Wildman–Crippen LogP) is 3.89. The summed E-state index contributed by atoms with van der Waals surface area (Å²) in [6.07, 6.45) is 7.08. The van der Waals surface area contributed by atoms with Crippen molar-refractivity contribution in [1.82, 2.24) is 25.4 Å².